The van der Waals surface area contributed by atoms with E-state index in [0.717, 1.165) is 18.5 Å². The minimum absolute atomic E-state index is 0.340. The molecular formula is C14H24N2O2S. The smallest absolute Gasteiger partial charge is 0.0897 e. The molecule has 0 aromatic carbocycles. The van der Waals surface area contributed by atoms with Gasteiger partial charge < -0.3 is 15.2 Å². The van der Waals surface area contributed by atoms with Crippen molar-refractivity contribution in [2.75, 3.05) is 19.8 Å². The maximum Gasteiger partial charge on any atom is 0.0897 e. The number of hydrogen-bond acceptors (Lipinski definition) is 5. The van der Waals surface area contributed by atoms with Crippen molar-refractivity contribution < 1.29 is 9.84 Å². The van der Waals surface area contributed by atoms with Crippen LogP contribution in [0.25, 0.3) is 0 Å². The molecule has 2 atom stereocenters. The van der Waals surface area contributed by atoms with Crippen LogP contribution in [0.2, 0.25) is 0 Å². The van der Waals surface area contributed by atoms with Crippen LogP contribution in [0.4, 0.5) is 0 Å². The molecule has 0 aliphatic carbocycles. The van der Waals surface area contributed by atoms with Gasteiger partial charge in [0.2, 0.25) is 0 Å². The summed E-state index contributed by atoms with van der Waals surface area (Å²) in [4.78, 5) is 5.45. The van der Waals surface area contributed by atoms with E-state index in [9.17, 15) is 5.11 Å². The second kappa shape index (κ2) is 9.20. The summed E-state index contributed by atoms with van der Waals surface area (Å²) in [5.41, 5.74) is 2.93. The van der Waals surface area contributed by atoms with Crippen LogP contribution < -0.4 is 5.32 Å². The number of aliphatic hydroxyl groups is 1. The minimum Gasteiger partial charge on any atom is -0.389 e. The second-order valence-corrected chi connectivity index (χ2v) is 5.61. The van der Waals surface area contributed by atoms with Crippen LogP contribution in [0.5, 0.6) is 0 Å². The van der Waals surface area contributed by atoms with Crippen molar-refractivity contribution in [2.24, 2.45) is 0 Å². The summed E-state index contributed by atoms with van der Waals surface area (Å²) in [5.74, 6) is 0. The second-order valence-electron chi connectivity index (χ2n) is 4.67. The summed E-state index contributed by atoms with van der Waals surface area (Å²) in [7, 11) is 0. The van der Waals surface area contributed by atoms with Gasteiger partial charge in [-0.3, -0.25) is 0 Å². The summed E-state index contributed by atoms with van der Waals surface area (Å²) < 4.78 is 5.48. The average molecular weight is 284 g/mol. The van der Waals surface area contributed by atoms with Gasteiger partial charge in [-0.05, 0) is 20.3 Å². The van der Waals surface area contributed by atoms with Crippen molar-refractivity contribution in [3.63, 3.8) is 0 Å². The summed E-state index contributed by atoms with van der Waals surface area (Å²) in [6, 6.07) is 0.340. The minimum atomic E-state index is -0.463. The van der Waals surface area contributed by atoms with Crippen molar-refractivity contribution in [3.05, 3.63) is 28.7 Å². The van der Waals surface area contributed by atoms with Crippen LogP contribution in [0.3, 0.4) is 0 Å². The number of aromatic nitrogens is 1. The first kappa shape index (κ1) is 16.3. The van der Waals surface area contributed by atoms with Crippen molar-refractivity contribution in [2.45, 2.75) is 38.8 Å². The molecule has 1 rings (SSSR count). The predicted octanol–water partition coefficient (Wildman–Crippen LogP) is 1.93. The number of nitrogens with zero attached hydrogens (tertiary/aromatic N) is 1. The molecule has 1 heterocycles. The Bertz CT molecular complexity index is 368. The van der Waals surface area contributed by atoms with Gasteiger partial charge in [-0.2, -0.15) is 0 Å². The number of thiazole rings is 1. The van der Waals surface area contributed by atoms with E-state index < -0.39 is 6.10 Å². The molecule has 0 spiro atoms. The van der Waals surface area contributed by atoms with Gasteiger partial charge in [0.25, 0.3) is 0 Å². The lowest BCUT2D eigenvalue weighted by atomic mass is 10.2. The number of aliphatic hydroxyl groups excluding tert-OH is 1. The molecule has 0 aliphatic heterocycles. The molecule has 0 saturated carbocycles. The fourth-order valence-electron chi connectivity index (χ4n) is 1.68. The Balaban J connectivity index is 2.05. The van der Waals surface area contributed by atoms with Gasteiger partial charge in [0, 0.05) is 23.9 Å². The van der Waals surface area contributed by atoms with Gasteiger partial charge in [0.05, 0.1) is 30.5 Å². The highest BCUT2D eigenvalue weighted by atomic mass is 32.1. The quantitative estimate of drug-likeness (QED) is 0.509. The monoisotopic (exact) mass is 284 g/mol. The van der Waals surface area contributed by atoms with E-state index in [4.69, 9.17) is 4.74 Å². The van der Waals surface area contributed by atoms with E-state index in [0.29, 0.717) is 25.8 Å². The largest absolute Gasteiger partial charge is 0.389 e. The molecule has 108 valence electrons. The molecule has 19 heavy (non-hydrogen) atoms. The fourth-order valence-corrected chi connectivity index (χ4v) is 2.44. The molecule has 0 fully saturated rings. The first-order chi connectivity index (χ1) is 9.13. The molecule has 1 aromatic heterocycles. The Labute approximate surface area is 119 Å². The van der Waals surface area contributed by atoms with Crippen LogP contribution in [0.1, 0.15) is 23.9 Å². The van der Waals surface area contributed by atoms with E-state index in [-0.39, 0.29) is 0 Å². The maximum absolute atomic E-state index is 9.76. The number of nitrogens with one attached hydrogen (secondary N) is 1. The Morgan fingerprint density at radius 1 is 1.63 bits per heavy atom. The lowest BCUT2D eigenvalue weighted by Crippen LogP contribution is -2.35. The Morgan fingerprint density at radius 3 is 3.05 bits per heavy atom. The zero-order valence-electron chi connectivity index (χ0n) is 11.8. The number of hydrogen-bond donors (Lipinski definition) is 2. The highest BCUT2D eigenvalue weighted by Gasteiger charge is 2.07. The van der Waals surface area contributed by atoms with E-state index in [2.05, 4.69) is 23.8 Å². The van der Waals surface area contributed by atoms with Crippen molar-refractivity contribution >= 4 is 11.3 Å². The van der Waals surface area contributed by atoms with Crippen molar-refractivity contribution in [3.8, 4) is 0 Å². The summed E-state index contributed by atoms with van der Waals surface area (Å²) in [6.07, 6.45) is 3.18. The molecule has 5 heteroatoms. The number of ether oxygens (including phenoxy) is 1. The van der Waals surface area contributed by atoms with Crippen LogP contribution in [0.15, 0.2) is 18.2 Å². The lowest BCUT2D eigenvalue weighted by molar-refractivity contribution is 0.0374. The van der Waals surface area contributed by atoms with E-state index in [1.54, 1.807) is 11.3 Å². The SMILES string of the molecule is C=CCC(C)NCC(O)COCCc1scnc1C. The standard InChI is InChI=1S/C14H24N2O2S/c1-4-5-11(2)15-8-13(17)9-18-7-6-14-12(3)16-10-19-14/h4,10-11,13,15,17H,1,5-9H2,2-3H3. The first-order valence-corrected chi connectivity index (χ1v) is 7.50. The molecule has 0 bridgehead atoms. The highest BCUT2D eigenvalue weighted by molar-refractivity contribution is 7.09. The average Bonchev–Trinajstić information content (AvgIpc) is 2.78. The zero-order valence-corrected chi connectivity index (χ0v) is 12.6. The summed E-state index contributed by atoms with van der Waals surface area (Å²) >= 11 is 1.65. The fraction of sp³-hybridized carbons (Fsp3) is 0.643. The molecule has 0 radical (unpaired) electrons. The van der Waals surface area contributed by atoms with Gasteiger partial charge in [-0.1, -0.05) is 6.08 Å². The Morgan fingerprint density at radius 2 is 2.42 bits per heavy atom. The molecular weight excluding hydrogens is 260 g/mol. The Kier molecular flexibility index (Phi) is 7.90. The normalized spacial score (nSPS) is 14.3. The summed E-state index contributed by atoms with van der Waals surface area (Å²) in [6.45, 7) is 9.31. The molecule has 2 N–H and O–H groups in total. The van der Waals surface area contributed by atoms with Crippen molar-refractivity contribution in [1.29, 1.82) is 0 Å². The third-order valence-corrected chi connectivity index (χ3v) is 3.85. The van der Waals surface area contributed by atoms with Gasteiger partial charge in [-0.15, -0.1) is 17.9 Å². The molecule has 0 amide bonds. The zero-order chi connectivity index (χ0) is 14.1. The van der Waals surface area contributed by atoms with Crippen LogP contribution >= 0.6 is 11.3 Å². The van der Waals surface area contributed by atoms with E-state index in [1.165, 1.54) is 4.88 Å². The van der Waals surface area contributed by atoms with E-state index >= 15 is 0 Å². The van der Waals surface area contributed by atoms with Gasteiger partial charge in [0.1, 0.15) is 0 Å². The maximum atomic E-state index is 9.76. The predicted molar refractivity (Wildman–Crippen MR) is 79.7 cm³/mol. The molecule has 1 aromatic rings. The van der Waals surface area contributed by atoms with Gasteiger partial charge >= 0.3 is 0 Å². The van der Waals surface area contributed by atoms with Crippen LogP contribution in [-0.2, 0) is 11.2 Å². The van der Waals surface area contributed by atoms with E-state index in [1.807, 2.05) is 18.5 Å². The lowest BCUT2D eigenvalue weighted by Gasteiger charge is -2.16. The molecule has 0 aliphatic rings. The highest BCUT2D eigenvalue weighted by Crippen LogP contribution is 2.12. The molecule has 0 saturated heterocycles. The van der Waals surface area contributed by atoms with Crippen molar-refractivity contribution in [1.82, 2.24) is 10.3 Å². The third kappa shape index (κ3) is 6.82. The van der Waals surface area contributed by atoms with Crippen LogP contribution in [-0.4, -0.2) is 42.0 Å². The Hall–Kier alpha value is -0.750. The van der Waals surface area contributed by atoms with Gasteiger partial charge in [0.15, 0.2) is 0 Å². The molecule has 4 nitrogen and oxygen atoms in total. The third-order valence-electron chi connectivity index (χ3n) is 2.85. The number of aryl methyl sites for hydroxylation is 1. The van der Waals surface area contributed by atoms with Crippen LogP contribution in [0, 0.1) is 6.92 Å². The molecule has 2 unspecified atom stereocenters. The summed E-state index contributed by atoms with van der Waals surface area (Å²) in [5, 5.41) is 13.0. The number of rotatable bonds is 10. The van der Waals surface area contributed by atoms with Gasteiger partial charge in [-0.25, -0.2) is 4.98 Å². The topological polar surface area (TPSA) is 54.4 Å². The first-order valence-electron chi connectivity index (χ1n) is 6.62.